The molecule has 1 aromatic rings. The molecule has 0 amide bonds. The van der Waals surface area contributed by atoms with Crippen LogP contribution in [0.15, 0.2) is 24.3 Å². The number of ketones is 1. The number of benzene rings is 1. The fourth-order valence-corrected chi connectivity index (χ4v) is 2.56. The minimum absolute atomic E-state index is 0.279. The third kappa shape index (κ3) is 4.46. The van der Waals surface area contributed by atoms with Crippen LogP contribution >= 0.6 is 0 Å². The van der Waals surface area contributed by atoms with Crippen molar-refractivity contribution in [1.29, 1.82) is 0 Å². The molecule has 2 nitrogen and oxygen atoms in total. The maximum atomic E-state index is 12.0. The Hall–Kier alpha value is -1.15. The van der Waals surface area contributed by atoms with E-state index in [1.165, 1.54) is 31.5 Å². The third-order valence-corrected chi connectivity index (χ3v) is 3.83. The minimum Gasteiger partial charge on any atom is -0.299 e. The van der Waals surface area contributed by atoms with Crippen LogP contribution in [0.2, 0.25) is 0 Å². The Balaban J connectivity index is 1.88. The largest absolute Gasteiger partial charge is 0.299 e. The fraction of sp³-hybridized carbons (Fsp3) is 0.588. The van der Waals surface area contributed by atoms with Crippen molar-refractivity contribution >= 4 is 5.78 Å². The van der Waals surface area contributed by atoms with Crippen LogP contribution < -0.4 is 0 Å². The minimum atomic E-state index is 0.279. The Bertz CT molecular complexity index is 402. The number of hydrogen-bond acceptors (Lipinski definition) is 2. The van der Waals surface area contributed by atoms with Gasteiger partial charge < -0.3 is 0 Å². The van der Waals surface area contributed by atoms with Crippen molar-refractivity contribution in [2.24, 2.45) is 5.92 Å². The summed E-state index contributed by atoms with van der Waals surface area (Å²) in [6, 6.07) is 8.21. The normalized spacial score (nSPS) is 16.2. The molecule has 2 heteroatoms. The smallest absolute Gasteiger partial charge is 0.162 e. The molecule has 0 radical (unpaired) electrons. The summed E-state index contributed by atoms with van der Waals surface area (Å²) >= 11 is 0. The molecule has 2 rings (SSSR count). The molecule has 104 valence electrons. The SMILES string of the molecule is CC(C)CCC(=O)c1ccc(CN2CCCC2)cc1. The van der Waals surface area contributed by atoms with Crippen LogP contribution in [-0.4, -0.2) is 23.8 Å². The summed E-state index contributed by atoms with van der Waals surface area (Å²) in [7, 11) is 0. The lowest BCUT2D eigenvalue weighted by Gasteiger charge is -2.14. The summed E-state index contributed by atoms with van der Waals surface area (Å²) < 4.78 is 0. The van der Waals surface area contributed by atoms with Gasteiger partial charge in [-0.15, -0.1) is 0 Å². The van der Waals surface area contributed by atoms with Crippen LogP contribution in [0.3, 0.4) is 0 Å². The van der Waals surface area contributed by atoms with Crippen molar-refractivity contribution in [3.8, 4) is 0 Å². The quantitative estimate of drug-likeness (QED) is 0.722. The van der Waals surface area contributed by atoms with E-state index in [0.717, 1.165) is 18.5 Å². The first-order chi connectivity index (χ1) is 9.15. The van der Waals surface area contributed by atoms with E-state index in [0.29, 0.717) is 12.3 Å². The van der Waals surface area contributed by atoms with Crippen molar-refractivity contribution in [3.63, 3.8) is 0 Å². The number of Topliss-reactive ketones (excluding diaryl/α,β-unsaturated/α-hetero) is 1. The fourth-order valence-electron chi connectivity index (χ4n) is 2.56. The number of carbonyl (C=O) groups is 1. The second kappa shape index (κ2) is 6.85. The van der Waals surface area contributed by atoms with Crippen LogP contribution in [0, 0.1) is 5.92 Å². The highest BCUT2D eigenvalue weighted by atomic mass is 16.1. The summed E-state index contributed by atoms with van der Waals surface area (Å²) in [6.07, 6.45) is 4.30. The van der Waals surface area contributed by atoms with Crippen molar-refractivity contribution in [3.05, 3.63) is 35.4 Å². The van der Waals surface area contributed by atoms with Crippen molar-refractivity contribution in [2.75, 3.05) is 13.1 Å². The molecule has 0 unspecified atom stereocenters. The molecule has 1 aromatic carbocycles. The van der Waals surface area contributed by atoms with E-state index in [1.54, 1.807) is 0 Å². The number of likely N-dealkylation sites (tertiary alicyclic amines) is 1. The molecule has 1 aliphatic rings. The van der Waals surface area contributed by atoms with Gasteiger partial charge in [0, 0.05) is 18.5 Å². The van der Waals surface area contributed by atoms with Crippen molar-refractivity contribution < 1.29 is 4.79 Å². The van der Waals surface area contributed by atoms with Crippen LogP contribution in [0.1, 0.15) is 55.5 Å². The lowest BCUT2D eigenvalue weighted by Crippen LogP contribution is -2.18. The van der Waals surface area contributed by atoms with Gasteiger partial charge >= 0.3 is 0 Å². The molecule has 1 heterocycles. The van der Waals surface area contributed by atoms with Gasteiger partial charge in [0.15, 0.2) is 5.78 Å². The zero-order chi connectivity index (χ0) is 13.7. The van der Waals surface area contributed by atoms with Crippen molar-refractivity contribution in [1.82, 2.24) is 4.90 Å². The molecule has 0 aliphatic carbocycles. The van der Waals surface area contributed by atoms with E-state index in [-0.39, 0.29) is 5.78 Å². The summed E-state index contributed by atoms with van der Waals surface area (Å²) in [6.45, 7) is 7.78. The van der Waals surface area contributed by atoms with Crippen LogP contribution in [0.4, 0.5) is 0 Å². The van der Waals surface area contributed by atoms with Gasteiger partial charge in [-0.3, -0.25) is 9.69 Å². The molecule has 0 atom stereocenters. The van der Waals surface area contributed by atoms with E-state index in [1.807, 2.05) is 12.1 Å². The Morgan fingerprint density at radius 1 is 1.16 bits per heavy atom. The van der Waals surface area contributed by atoms with Gasteiger partial charge in [-0.05, 0) is 43.8 Å². The molecule has 0 spiro atoms. The topological polar surface area (TPSA) is 20.3 Å². The highest BCUT2D eigenvalue weighted by molar-refractivity contribution is 5.96. The van der Waals surface area contributed by atoms with Gasteiger partial charge in [0.25, 0.3) is 0 Å². The lowest BCUT2D eigenvalue weighted by molar-refractivity contribution is 0.0975. The average Bonchev–Trinajstić information content (AvgIpc) is 2.89. The molecule has 1 fully saturated rings. The molecule has 19 heavy (non-hydrogen) atoms. The molecular formula is C17H25NO. The molecule has 0 aromatic heterocycles. The summed E-state index contributed by atoms with van der Waals surface area (Å²) in [5.41, 5.74) is 2.19. The molecule has 1 aliphatic heterocycles. The van der Waals surface area contributed by atoms with Crippen LogP contribution in [0.5, 0.6) is 0 Å². The number of nitrogens with zero attached hydrogens (tertiary/aromatic N) is 1. The second-order valence-corrected chi connectivity index (χ2v) is 6.04. The Labute approximate surface area is 116 Å². The highest BCUT2D eigenvalue weighted by Gasteiger charge is 2.12. The molecular weight excluding hydrogens is 234 g/mol. The molecule has 1 saturated heterocycles. The standard InChI is InChI=1S/C17H25NO/c1-14(2)5-10-17(19)16-8-6-15(7-9-16)13-18-11-3-4-12-18/h6-9,14H,3-5,10-13H2,1-2H3. The second-order valence-electron chi connectivity index (χ2n) is 6.04. The number of rotatable bonds is 6. The van der Waals surface area contributed by atoms with Gasteiger partial charge in [-0.1, -0.05) is 38.1 Å². The Kier molecular flexibility index (Phi) is 5.15. The number of carbonyl (C=O) groups excluding carboxylic acids is 1. The van der Waals surface area contributed by atoms with E-state index in [2.05, 4.69) is 30.9 Å². The summed E-state index contributed by atoms with van der Waals surface area (Å²) in [4.78, 5) is 14.5. The Morgan fingerprint density at radius 2 is 1.79 bits per heavy atom. The monoisotopic (exact) mass is 259 g/mol. The van der Waals surface area contributed by atoms with Gasteiger partial charge in [-0.2, -0.15) is 0 Å². The predicted octanol–water partition coefficient (Wildman–Crippen LogP) is 3.90. The molecule has 0 saturated carbocycles. The van der Waals surface area contributed by atoms with E-state index < -0.39 is 0 Å². The van der Waals surface area contributed by atoms with Crippen LogP contribution in [0.25, 0.3) is 0 Å². The highest BCUT2D eigenvalue weighted by Crippen LogP contribution is 2.15. The van der Waals surface area contributed by atoms with Crippen LogP contribution in [-0.2, 0) is 6.54 Å². The van der Waals surface area contributed by atoms with E-state index in [4.69, 9.17) is 0 Å². The third-order valence-electron chi connectivity index (χ3n) is 3.83. The number of hydrogen-bond donors (Lipinski definition) is 0. The average molecular weight is 259 g/mol. The zero-order valence-corrected chi connectivity index (χ0v) is 12.2. The van der Waals surface area contributed by atoms with E-state index in [9.17, 15) is 4.79 Å². The van der Waals surface area contributed by atoms with Gasteiger partial charge in [0.05, 0.1) is 0 Å². The summed E-state index contributed by atoms with van der Waals surface area (Å²) in [5, 5.41) is 0. The Morgan fingerprint density at radius 3 is 2.37 bits per heavy atom. The predicted molar refractivity (Wildman–Crippen MR) is 79.4 cm³/mol. The van der Waals surface area contributed by atoms with E-state index >= 15 is 0 Å². The molecule has 0 bridgehead atoms. The first-order valence-electron chi connectivity index (χ1n) is 7.49. The lowest BCUT2D eigenvalue weighted by atomic mass is 10.0. The van der Waals surface area contributed by atoms with Gasteiger partial charge in [-0.25, -0.2) is 0 Å². The van der Waals surface area contributed by atoms with Crippen molar-refractivity contribution in [2.45, 2.75) is 46.1 Å². The van der Waals surface area contributed by atoms with Gasteiger partial charge in [0.2, 0.25) is 0 Å². The first kappa shape index (κ1) is 14.3. The maximum absolute atomic E-state index is 12.0. The zero-order valence-electron chi connectivity index (χ0n) is 12.2. The first-order valence-corrected chi connectivity index (χ1v) is 7.49. The molecule has 0 N–H and O–H groups in total. The van der Waals surface area contributed by atoms with Gasteiger partial charge in [0.1, 0.15) is 0 Å². The summed E-state index contributed by atoms with van der Waals surface area (Å²) in [5.74, 6) is 0.875. The maximum Gasteiger partial charge on any atom is 0.162 e.